The highest BCUT2D eigenvalue weighted by Gasteiger charge is 2.17. The number of halogens is 1. The molecule has 1 heterocycles. The Balaban J connectivity index is 1.48. The van der Waals surface area contributed by atoms with E-state index < -0.39 is 18.4 Å². The first-order valence-electron chi connectivity index (χ1n) is 10.6. The van der Waals surface area contributed by atoms with Gasteiger partial charge in [-0.05, 0) is 42.3 Å². The maximum atomic E-state index is 14.0. The highest BCUT2D eigenvalue weighted by molar-refractivity contribution is 7.99. The fourth-order valence-electron chi connectivity index (χ4n) is 3.03. The van der Waals surface area contributed by atoms with E-state index in [-0.39, 0.29) is 23.4 Å². The Bertz CT molecular complexity index is 1180. The summed E-state index contributed by atoms with van der Waals surface area (Å²) in [6, 6.07) is 12.6. The first-order valence-corrected chi connectivity index (χ1v) is 11.6. The number of carbonyl (C=O) groups excluding carboxylic acids is 3. The zero-order chi connectivity index (χ0) is 24.7. The van der Waals surface area contributed by atoms with Crippen LogP contribution in [0.4, 0.5) is 10.1 Å². The van der Waals surface area contributed by atoms with Gasteiger partial charge in [0, 0.05) is 24.7 Å². The number of aromatic nitrogens is 3. The smallest absolute Gasteiger partial charge is 0.316 e. The first kappa shape index (κ1) is 25.1. The van der Waals surface area contributed by atoms with E-state index >= 15 is 0 Å². The lowest BCUT2D eigenvalue weighted by Gasteiger charge is -2.08. The van der Waals surface area contributed by atoms with Gasteiger partial charge in [0.25, 0.3) is 0 Å². The predicted molar refractivity (Wildman–Crippen MR) is 127 cm³/mol. The first-order chi connectivity index (χ1) is 16.2. The van der Waals surface area contributed by atoms with Crippen molar-refractivity contribution in [2.24, 2.45) is 13.0 Å². The second kappa shape index (κ2) is 11.6. The summed E-state index contributed by atoms with van der Waals surface area (Å²) in [6.45, 7) is 3.51. The van der Waals surface area contributed by atoms with Crippen LogP contribution in [-0.4, -0.2) is 44.8 Å². The Kier molecular flexibility index (Phi) is 8.53. The van der Waals surface area contributed by atoms with Gasteiger partial charge in [-0.3, -0.25) is 14.4 Å². The van der Waals surface area contributed by atoms with Crippen molar-refractivity contribution in [1.29, 1.82) is 0 Å². The number of nitrogens with one attached hydrogen (secondary N) is 1. The summed E-state index contributed by atoms with van der Waals surface area (Å²) in [7, 11) is 1.67. The minimum atomic E-state index is -0.591. The van der Waals surface area contributed by atoms with Crippen molar-refractivity contribution in [3.8, 4) is 11.4 Å². The van der Waals surface area contributed by atoms with Crippen LogP contribution in [0.15, 0.2) is 53.7 Å². The molecule has 0 fully saturated rings. The lowest BCUT2D eigenvalue weighted by atomic mass is 10.1. The number of ketones is 1. The van der Waals surface area contributed by atoms with Gasteiger partial charge in [-0.1, -0.05) is 37.7 Å². The molecule has 1 aromatic heterocycles. The second-order valence-electron chi connectivity index (χ2n) is 7.94. The Morgan fingerprint density at radius 2 is 1.79 bits per heavy atom. The number of Topliss-reactive ketones (excluding diaryl/α,β-unsaturated/α-hetero) is 1. The van der Waals surface area contributed by atoms with Gasteiger partial charge in [0.15, 0.2) is 23.4 Å². The molecule has 2 aromatic carbocycles. The van der Waals surface area contributed by atoms with Crippen LogP contribution in [0, 0.1) is 11.7 Å². The van der Waals surface area contributed by atoms with Gasteiger partial charge < -0.3 is 14.6 Å². The Labute approximate surface area is 200 Å². The van der Waals surface area contributed by atoms with Gasteiger partial charge in [-0.15, -0.1) is 10.2 Å². The van der Waals surface area contributed by atoms with E-state index in [1.165, 1.54) is 6.07 Å². The van der Waals surface area contributed by atoms with Crippen LogP contribution in [0.1, 0.15) is 30.6 Å². The Morgan fingerprint density at radius 3 is 2.47 bits per heavy atom. The maximum Gasteiger partial charge on any atom is 0.316 e. The number of thioether (sulfide) groups is 1. The van der Waals surface area contributed by atoms with E-state index in [4.69, 9.17) is 4.74 Å². The lowest BCUT2D eigenvalue weighted by Crippen LogP contribution is -2.16. The fraction of sp³-hybridized carbons (Fsp3) is 0.292. The van der Waals surface area contributed by atoms with Gasteiger partial charge in [0.2, 0.25) is 5.91 Å². The van der Waals surface area contributed by atoms with Crippen LogP contribution < -0.4 is 5.32 Å². The van der Waals surface area contributed by atoms with Gasteiger partial charge in [0.1, 0.15) is 5.82 Å². The third-order valence-corrected chi connectivity index (χ3v) is 5.71. The molecule has 0 spiro atoms. The molecule has 3 aromatic rings. The van der Waals surface area contributed by atoms with Crippen LogP contribution in [0.3, 0.4) is 0 Å². The normalized spacial score (nSPS) is 10.9. The maximum absolute atomic E-state index is 14.0. The summed E-state index contributed by atoms with van der Waals surface area (Å²) in [4.78, 5) is 36.2. The largest absolute Gasteiger partial charge is 0.457 e. The average Bonchev–Trinajstić information content (AvgIpc) is 3.16. The van der Waals surface area contributed by atoms with E-state index in [9.17, 15) is 18.8 Å². The van der Waals surface area contributed by atoms with Gasteiger partial charge in [-0.2, -0.15) is 0 Å². The molecule has 178 valence electrons. The summed E-state index contributed by atoms with van der Waals surface area (Å²) in [5.74, 6) is -0.963. The van der Waals surface area contributed by atoms with E-state index in [1.54, 1.807) is 54.1 Å². The number of carbonyl (C=O) groups is 3. The zero-order valence-electron chi connectivity index (χ0n) is 19.1. The number of ether oxygens (including phenoxy) is 1. The van der Waals surface area contributed by atoms with Crippen LogP contribution in [-0.2, 0) is 21.4 Å². The molecular weight excluding hydrogens is 459 g/mol. The molecule has 0 atom stereocenters. The van der Waals surface area contributed by atoms with Crippen LogP contribution in [0.25, 0.3) is 11.4 Å². The van der Waals surface area contributed by atoms with Crippen molar-refractivity contribution in [1.82, 2.24) is 14.8 Å². The minimum Gasteiger partial charge on any atom is -0.457 e. The Morgan fingerprint density at radius 1 is 1.09 bits per heavy atom. The average molecular weight is 485 g/mol. The quantitative estimate of drug-likeness (QED) is 0.262. The summed E-state index contributed by atoms with van der Waals surface area (Å²) < 4.78 is 20.7. The van der Waals surface area contributed by atoms with E-state index in [1.807, 2.05) is 13.8 Å². The summed E-state index contributed by atoms with van der Waals surface area (Å²) in [6.07, 6.45) is 0.410. The second-order valence-corrected chi connectivity index (χ2v) is 8.88. The molecule has 3 rings (SSSR count). The molecular formula is C24H25FN4O4S. The number of esters is 1. The molecule has 0 aliphatic carbocycles. The SMILES string of the molecule is CC(C)CC(=O)Nc1ccc(C(=O)COC(=O)CSc2nnc(-c3ccccc3F)n2C)cc1. The van der Waals surface area contributed by atoms with Crippen molar-refractivity contribution in [3.63, 3.8) is 0 Å². The van der Waals surface area contributed by atoms with Crippen molar-refractivity contribution in [2.45, 2.75) is 25.4 Å². The summed E-state index contributed by atoms with van der Waals surface area (Å²) in [5, 5.41) is 11.2. The van der Waals surface area contributed by atoms with Gasteiger partial charge in [0.05, 0.1) is 11.3 Å². The summed E-state index contributed by atoms with van der Waals surface area (Å²) in [5.41, 5.74) is 1.27. The van der Waals surface area contributed by atoms with Gasteiger partial charge >= 0.3 is 5.97 Å². The fourth-order valence-corrected chi connectivity index (χ4v) is 3.74. The lowest BCUT2D eigenvalue weighted by molar-refractivity contribution is -0.139. The highest BCUT2D eigenvalue weighted by Crippen LogP contribution is 2.24. The molecule has 0 aliphatic rings. The molecule has 0 bridgehead atoms. The van der Waals surface area contributed by atoms with Crippen molar-refractivity contribution < 1.29 is 23.5 Å². The number of benzene rings is 2. The molecule has 0 radical (unpaired) electrons. The topological polar surface area (TPSA) is 103 Å². The predicted octanol–water partition coefficient (Wildman–Crippen LogP) is 4.12. The monoisotopic (exact) mass is 484 g/mol. The van der Waals surface area contributed by atoms with Crippen molar-refractivity contribution >= 4 is 35.1 Å². The molecule has 0 saturated heterocycles. The number of rotatable bonds is 10. The van der Waals surface area contributed by atoms with Gasteiger partial charge in [-0.25, -0.2) is 4.39 Å². The number of anilines is 1. The minimum absolute atomic E-state index is 0.0860. The van der Waals surface area contributed by atoms with E-state index in [0.717, 1.165) is 11.8 Å². The number of nitrogens with zero attached hydrogens (tertiary/aromatic N) is 3. The van der Waals surface area contributed by atoms with E-state index in [2.05, 4.69) is 15.5 Å². The van der Waals surface area contributed by atoms with Crippen molar-refractivity contribution in [3.05, 3.63) is 59.9 Å². The Hall–Kier alpha value is -3.53. The zero-order valence-corrected chi connectivity index (χ0v) is 19.9. The molecule has 0 unspecified atom stereocenters. The molecule has 8 nitrogen and oxygen atoms in total. The number of amides is 1. The molecule has 1 amide bonds. The third-order valence-electron chi connectivity index (χ3n) is 4.72. The highest BCUT2D eigenvalue weighted by atomic mass is 32.2. The molecule has 1 N–H and O–H groups in total. The summed E-state index contributed by atoms with van der Waals surface area (Å²) >= 11 is 1.08. The van der Waals surface area contributed by atoms with Crippen LogP contribution in [0.5, 0.6) is 0 Å². The van der Waals surface area contributed by atoms with Crippen molar-refractivity contribution in [2.75, 3.05) is 17.7 Å². The number of hydrogen-bond acceptors (Lipinski definition) is 7. The molecule has 0 saturated carbocycles. The number of hydrogen-bond donors (Lipinski definition) is 1. The van der Waals surface area contributed by atoms with Crippen LogP contribution >= 0.6 is 11.8 Å². The third kappa shape index (κ3) is 6.74. The standard InChI is InChI=1S/C24H25FN4O4S/c1-15(2)12-21(31)26-17-10-8-16(9-11-17)20(30)13-33-22(32)14-34-24-28-27-23(29(24)3)18-6-4-5-7-19(18)25/h4-11,15H,12-14H2,1-3H3,(H,26,31). The molecule has 34 heavy (non-hydrogen) atoms. The molecule has 0 aliphatic heterocycles. The van der Waals surface area contributed by atoms with Crippen LogP contribution in [0.2, 0.25) is 0 Å². The molecule has 10 heteroatoms. The van der Waals surface area contributed by atoms with E-state index in [0.29, 0.717) is 34.2 Å².